The zero-order chi connectivity index (χ0) is 13.5. The van der Waals surface area contributed by atoms with Gasteiger partial charge in [0.15, 0.2) is 0 Å². The SMILES string of the molecule is CCCNC(CC1CCSCC1)c1cnn(CC)c1. The first-order valence-electron chi connectivity index (χ1n) is 7.67. The van der Waals surface area contributed by atoms with Crippen LogP contribution < -0.4 is 5.32 Å². The molecule has 19 heavy (non-hydrogen) atoms. The zero-order valence-corrected chi connectivity index (χ0v) is 13.1. The second kappa shape index (κ2) is 7.95. The van der Waals surface area contributed by atoms with Crippen molar-refractivity contribution in [3.63, 3.8) is 0 Å². The van der Waals surface area contributed by atoms with E-state index in [4.69, 9.17) is 0 Å². The molecule has 1 aromatic rings. The van der Waals surface area contributed by atoms with Crippen LogP contribution in [0.4, 0.5) is 0 Å². The van der Waals surface area contributed by atoms with Gasteiger partial charge in [-0.05, 0) is 56.6 Å². The van der Waals surface area contributed by atoms with E-state index < -0.39 is 0 Å². The molecule has 0 aromatic carbocycles. The van der Waals surface area contributed by atoms with Gasteiger partial charge < -0.3 is 5.32 Å². The van der Waals surface area contributed by atoms with Crippen molar-refractivity contribution >= 4 is 11.8 Å². The summed E-state index contributed by atoms with van der Waals surface area (Å²) in [5.41, 5.74) is 1.37. The Labute approximate surface area is 121 Å². The number of thioether (sulfide) groups is 1. The second-order valence-electron chi connectivity index (χ2n) is 5.43. The van der Waals surface area contributed by atoms with Crippen LogP contribution in [-0.4, -0.2) is 27.8 Å². The van der Waals surface area contributed by atoms with Crippen LogP contribution in [0.25, 0.3) is 0 Å². The molecule has 0 bridgehead atoms. The van der Waals surface area contributed by atoms with Gasteiger partial charge >= 0.3 is 0 Å². The smallest absolute Gasteiger partial charge is 0.0537 e. The Kier molecular flexibility index (Phi) is 6.24. The van der Waals surface area contributed by atoms with Crippen LogP contribution >= 0.6 is 11.8 Å². The summed E-state index contributed by atoms with van der Waals surface area (Å²) in [7, 11) is 0. The van der Waals surface area contributed by atoms with Crippen LogP contribution in [0.5, 0.6) is 0 Å². The van der Waals surface area contributed by atoms with Crippen molar-refractivity contribution in [2.45, 2.75) is 52.1 Å². The Balaban J connectivity index is 1.97. The lowest BCUT2D eigenvalue weighted by atomic mass is 9.92. The van der Waals surface area contributed by atoms with Gasteiger partial charge in [0.1, 0.15) is 0 Å². The Bertz CT molecular complexity index is 358. The van der Waals surface area contributed by atoms with E-state index in [1.807, 2.05) is 4.68 Å². The van der Waals surface area contributed by atoms with Gasteiger partial charge in [0.05, 0.1) is 6.20 Å². The molecule has 4 heteroatoms. The van der Waals surface area contributed by atoms with E-state index in [0.29, 0.717) is 6.04 Å². The third-order valence-electron chi connectivity index (χ3n) is 3.93. The fourth-order valence-corrected chi connectivity index (χ4v) is 3.91. The van der Waals surface area contributed by atoms with Gasteiger partial charge in [-0.2, -0.15) is 16.9 Å². The van der Waals surface area contributed by atoms with Crippen LogP contribution in [0.2, 0.25) is 0 Å². The van der Waals surface area contributed by atoms with Crippen LogP contribution in [0.1, 0.15) is 51.1 Å². The lowest BCUT2D eigenvalue weighted by Crippen LogP contribution is -2.25. The number of hydrogen-bond donors (Lipinski definition) is 1. The molecule has 2 heterocycles. The average Bonchev–Trinajstić information content (AvgIpc) is 2.93. The van der Waals surface area contributed by atoms with Crippen molar-refractivity contribution in [2.75, 3.05) is 18.1 Å². The molecule has 1 aliphatic heterocycles. The summed E-state index contributed by atoms with van der Waals surface area (Å²) in [4.78, 5) is 0. The van der Waals surface area contributed by atoms with Gasteiger partial charge in [-0.1, -0.05) is 6.92 Å². The first kappa shape index (κ1) is 14.9. The van der Waals surface area contributed by atoms with Gasteiger partial charge in [-0.25, -0.2) is 0 Å². The summed E-state index contributed by atoms with van der Waals surface area (Å²) in [5, 5.41) is 8.14. The maximum Gasteiger partial charge on any atom is 0.0537 e. The summed E-state index contributed by atoms with van der Waals surface area (Å²) >= 11 is 2.11. The van der Waals surface area contributed by atoms with Crippen molar-refractivity contribution in [3.05, 3.63) is 18.0 Å². The molecule has 0 aliphatic carbocycles. The monoisotopic (exact) mass is 281 g/mol. The van der Waals surface area contributed by atoms with Crippen molar-refractivity contribution in [2.24, 2.45) is 5.92 Å². The predicted molar refractivity (Wildman–Crippen MR) is 83.6 cm³/mol. The standard InChI is InChI=1S/C15H27N3S/c1-3-7-16-15(10-13-5-8-19-9-6-13)14-11-17-18(4-2)12-14/h11-13,15-16H,3-10H2,1-2H3. The van der Waals surface area contributed by atoms with E-state index in [2.05, 4.69) is 48.4 Å². The van der Waals surface area contributed by atoms with Gasteiger partial charge in [-0.15, -0.1) is 0 Å². The van der Waals surface area contributed by atoms with Gasteiger partial charge in [0, 0.05) is 24.3 Å². The summed E-state index contributed by atoms with van der Waals surface area (Å²) in [6.45, 7) is 6.43. The molecule has 0 radical (unpaired) electrons. The number of aryl methyl sites for hydroxylation is 1. The minimum Gasteiger partial charge on any atom is -0.310 e. The van der Waals surface area contributed by atoms with Gasteiger partial charge in [0.25, 0.3) is 0 Å². The largest absolute Gasteiger partial charge is 0.310 e. The summed E-state index contributed by atoms with van der Waals surface area (Å²) in [5.74, 6) is 3.58. The Hall–Kier alpha value is -0.480. The fraction of sp³-hybridized carbons (Fsp3) is 0.800. The van der Waals surface area contributed by atoms with Crippen LogP contribution in [0.15, 0.2) is 12.4 Å². The highest BCUT2D eigenvalue weighted by Crippen LogP contribution is 2.30. The molecule has 1 aromatic heterocycles. The average molecular weight is 281 g/mol. The summed E-state index contributed by atoms with van der Waals surface area (Å²) in [6.07, 6.45) is 9.50. The lowest BCUT2D eigenvalue weighted by molar-refractivity contribution is 0.370. The van der Waals surface area contributed by atoms with Crippen molar-refractivity contribution < 1.29 is 0 Å². The molecule has 0 spiro atoms. The third kappa shape index (κ3) is 4.53. The maximum absolute atomic E-state index is 4.43. The summed E-state index contributed by atoms with van der Waals surface area (Å²) < 4.78 is 2.03. The van der Waals surface area contributed by atoms with E-state index in [0.717, 1.165) is 19.0 Å². The van der Waals surface area contributed by atoms with Crippen LogP contribution in [0.3, 0.4) is 0 Å². The van der Waals surface area contributed by atoms with Crippen molar-refractivity contribution in [3.8, 4) is 0 Å². The normalized spacial score (nSPS) is 18.6. The minimum absolute atomic E-state index is 0.494. The maximum atomic E-state index is 4.43. The molecule has 0 saturated carbocycles. The number of nitrogens with one attached hydrogen (secondary N) is 1. The second-order valence-corrected chi connectivity index (χ2v) is 6.65. The van der Waals surface area contributed by atoms with E-state index >= 15 is 0 Å². The zero-order valence-electron chi connectivity index (χ0n) is 12.3. The molecule has 1 N–H and O–H groups in total. The molecule has 1 unspecified atom stereocenters. The van der Waals surface area contributed by atoms with Crippen molar-refractivity contribution in [1.82, 2.24) is 15.1 Å². The highest BCUT2D eigenvalue weighted by molar-refractivity contribution is 7.99. The quantitative estimate of drug-likeness (QED) is 0.830. The van der Waals surface area contributed by atoms with Crippen LogP contribution in [0, 0.1) is 5.92 Å². The molecule has 1 fully saturated rings. The highest BCUT2D eigenvalue weighted by Gasteiger charge is 2.20. The molecule has 1 atom stereocenters. The molecule has 3 nitrogen and oxygen atoms in total. The molecule has 108 valence electrons. The molecule has 2 rings (SSSR count). The van der Waals surface area contributed by atoms with Crippen LogP contribution in [-0.2, 0) is 6.54 Å². The molecule has 1 aliphatic rings. The Morgan fingerprint density at radius 2 is 2.21 bits per heavy atom. The van der Waals surface area contributed by atoms with E-state index in [-0.39, 0.29) is 0 Å². The Morgan fingerprint density at radius 1 is 1.42 bits per heavy atom. The first-order chi connectivity index (χ1) is 9.33. The predicted octanol–water partition coefficient (Wildman–Crippen LogP) is 3.48. The van der Waals surface area contributed by atoms with Gasteiger partial charge in [-0.3, -0.25) is 4.68 Å². The molecule has 0 amide bonds. The van der Waals surface area contributed by atoms with Crippen molar-refractivity contribution in [1.29, 1.82) is 0 Å². The fourth-order valence-electron chi connectivity index (χ4n) is 2.70. The minimum atomic E-state index is 0.494. The number of rotatable bonds is 7. The number of aromatic nitrogens is 2. The Morgan fingerprint density at radius 3 is 2.84 bits per heavy atom. The third-order valence-corrected chi connectivity index (χ3v) is 4.98. The van der Waals surface area contributed by atoms with E-state index in [9.17, 15) is 0 Å². The topological polar surface area (TPSA) is 29.9 Å². The van der Waals surface area contributed by atoms with E-state index in [1.54, 1.807) is 0 Å². The van der Waals surface area contributed by atoms with Gasteiger partial charge in [0.2, 0.25) is 0 Å². The molecule has 1 saturated heterocycles. The summed E-state index contributed by atoms with van der Waals surface area (Å²) in [6, 6.07) is 0.494. The number of nitrogens with zero attached hydrogens (tertiary/aromatic N) is 2. The number of hydrogen-bond acceptors (Lipinski definition) is 3. The highest BCUT2D eigenvalue weighted by atomic mass is 32.2. The molecular formula is C15H27N3S. The first-order valence-corrected chi connectivity index (χ1v) is 8.82. The lowest BCUT2D eigenvalue weighted by Gasteiger charge is -2.26. The molecular weight excluding hydrogens is 254 g/mol. The van der Waals surface area contributed by atoms with E-state index in [1.165, 1.54) is 42.8 Å².